The highest BCUT2D eigenvalue weighted by molar-refractivity contribution is 6.34. The molecule has 0 bridgehead atoms. The monoisotopic (exact) mass is 313 g/mol. The van der Waals surface area contributed by atoms with Gasteiger partial charge in [-0.15, -0.1) is 0 Å². The summed E-state index contributed by atoms with van der Waals surface area (Å²) in [5.41, 5.74) is 6.12. The first kappa shape index (κ1) is 15.9. The second-order valence-corrected chi connectivity index (χ2v) is 5.75. The maximum Gasteiger partial charge on any atom is 0.171 e. The van der Waals surface area contributed by atoms with Crippen molar-refractivity contribution in [3.63, 3.8) is 0 Å². The lowest BCUT2D eigenvalue weighted by Crippen LogP contribution is -2.45. The molecule has 0 spiro atoms. The smallest absolute Gasteiger partial charge is 0.171 e. The van der Waals surface area contributed by atoms with Gasteiger partial charge in [-0.3, -0.25) is 0 Å². The number of likely N-dealkylation sites (N-methyl/N-ethyl adjacent to an activating group) is 1. The average molecular weight is 314 g/mol. The van der Waals surface area contributed by atoms with E-state index in [2.05, 4.69) is 5.16 Å². The Morgan fingerprint density at radius 3 is 2.71 bits per heavy atom. The molecule has 4 N–H and O–H groups in total. The van der Waals surface area contributed by atoms with Crippen molar-refractivity contribution in [1.29, 1.82) is 0 Å². The van der Waals surface area contributed by atoms with E-state index in [1.807, 2.05) is 18.0 Å². The number of hydrogen-bond acceptors (Lipinski definition) is 5. The summed E-state index contributed by atoms with van der Waals surface area (Å²) in [4.78, 5) is 1.94. The molecule has 21 heavy (non-hydrogen) atoms. The van der Waals surface area contributed by atoms with E-state index in [1.165, 1.54) is 0 Å². The first-order valence-corrected chi connectivity index (χ1v) is 7.12. The van der Waals surface area contributed by atoms with Crippen molar-refractivity contribution in [2.45, 2.75) is 18.4 Å². The molecule has 0 amide bonds. The maximum absolute atomic E-state index is 10.5. The molecule has 0 radical (unpaired) electrons. The van der Waals surface area contributed by atoms with E-state index in [0.29, 0.717) is 43.2 Å². The number of oxime groups is 1. The van der Waals surface area contributed by atoms with Crippen molar-refractivity contribution in [3.05, 3.63) is 28.8 Å². The van der Waals surface area contributed by atoms with Crippen LogP contribution in [0.4, 0.5) is 5.69 Å². The van der Waals surface area contributed by atoms with Crippen LogP contribution in [0.3, 0.4) is 0 Å². The van der Waals surface area contributed by atoms with Crippen LogP contribution in [0.2, 0.25) is 5.02 Å². The third kappa shape index (κ3) is 3.78. The van der Waals surface area contributed by atoms with Gasteiger partial charge in [0.05, 0.1) is 10.6 Å². The van der Waals surface area contributed by atoms with Gasteiger partial charge in [0.1, 0.15) is 0 Å². The standard InChI is InChI=1S/C14H20ClN3O3/c1-18(9-14(19)4-6-21-7-5-14)10-2-3-11(12(15)8-10)13(16)17-20/h2-3,8,19-20H,4-7,9H2,1H3,(H2,16,17). The van der Waals surface area contributed by atoms with E-state index in [4.69, 9.17) is 27.3 Å². The van der Waals surface area contributed by atoms with Crippen molar-refractivity contribution in [3.8, 4) is 0 Å². The quantitative estimate of drug-likeness (QED) is 0.338. The Morgan fingerprint density at radius 1 is 1.48 bits per heavy atom. The molecule has 7 heteroatoms. The molecule has 2 rings (SSSR count). The molecule has 1 aliphatic heterocycles. The molecule has 1 saturated heterocycles. The minimum absolute atomic E-state index is 0.0303. The fourth-order valence-corrected chi connectivity index (χ4v) is 2.72. The number of rotatable bonds is 4. The second kappa shape index (κ2) is 6.51. The number of anilines is 1. The summed E-state index contributed by atoms with van der Waals surface area (Å²) < 4.78 is 5.28. The highest BCUT2D eigenvalue weighted by atomic mass is 35.5. The van der Waals surface area contributed by atoms with E-state index < -0.39 is 5.60 Å². The van der Waals surface area contributed by atoms with Crippen LogP contribution in [0.15, 0.2) is 23.4 Å². The van der Waals surface area contributed by atoms with Crippen molar-refractivity contribution in [1.82, 2.24) is 0 Å². The fourth-order valence-electron chi connectivity index (χ4n) is 2.45. The van der Waals surface area contributed by atoms with Crippen LogP contribution < -0.4 is 10.6 Å². The molecular weight excluding hydrogens is 294 g/mol. The number of benzene rings is 1. The van der Waals surface area contributed by atoms with Crippen LogP contribution in [0.1, 0.15) is 18.4 Å². The number of nitrogens with two attached hydrogens (primary N) is 1. The maximum atomic E-state index is 10.5. The predicted octanol–water partition coefficient (Wildman–Crippen LogP) is 1.41. The number of halogens is 1. The van der Waals surface area contributed by atoms with E-state index >= 15 is 0 Å². The summed E-state index contributed by atoms with van der Waals surface area (Å²) in [5.74, 6) is -0.0303. The molecule has 1 aliphatic rings. The molecular formula is C14H20ClN3O3. The van der Waals surface area contributed by atoms with Gasteiger partial charge in [-0.05, 0) is 18.2 Å². The Balaban J connectivity index is 2.12. The SMILES string of the molecule is CN(CC1(O)CCOCC1)c1ccc(/C(N)=N/O)c(Cl)c1. The summed E-state index contributed by atoms with van der Waals surface area (Å²) in [6.07, 6.45) is 1.24. The fraction of sp³-hybridized carbons (Fsp3) is 0.500. The summed E-state index contributed by atoms with van der Waals surface area (Å²) in [7, 11) is 1.89. The molecule has 0 unspecified atom stereocenters. The average Bonchev–Trinajstić information content (AvgIpc) is 2.46. The van der Waals surface area contributed by atoms with Gasteiger partial charge >= 0.3 is 0 Å². The van der Waals surface area contributed by atoms with E-state index in [-0.39, 0.29) is 5.84 Å². The third-order valence-electron chi connectivity index (χ3n) is 3.73. The van der Waals surface area contributed by atoms with Gasteiger partial charge in [-0.25, -0.2) is 0 Å². The van der Waals surface area contributed by atoms with Crippen molar-refractivity contribution in [2.24, 2.45) is 10.9 Å². The number of amidine groups is 1. The van der Waals surface area contributed by atoms with Crippen LogP contribution in [-0.4, -0.2) is 48.6 Å². The normalized spacial score (nSPS) is 18.5. The van der Waals surface area contributed by atoms with Gasteiger partial charge < -0.3 is 25.7 Å². The van der Waals surface area contributed by atoms with Crippen molar-refractivity contribution in [2.75, 3.05) is 31.7 Å². The predicted molar refractivity (Wildman–Crippen MR) is 82.2 cm³/mol. The van der Waals surface area contributed by atoms with E-state index in [9.17, 15) is 5.11 Å². The molecule has 1 heterocycles. The van der Waals surface area contributed by atoms with Crippen molar-refractivity contribution < 1.29 is 15.1 Å². The number of nitrogens with zero attached hydrogens (tertiary/aromatic N) is 2. The highest BCUT2D eigenvalue weighted by Crippen LogP contribution is 2.27. The summed E-state index contributed by atoms with van der Waals surface area (Å²) in [6, 6.07) is 5.25. The summed E-state index contributed by atoms with van der Waals surface area (Å²) in [6.45, 7) is 1.65. The molecule has 0 aliphatic carbocycles. The molecule has 1 aromatic carbocycles. The molecule has 0 atom stereocenters. The Bertz CT molecular complexity index is 530. The van der Waals surface area contributed by atoms with Crippen LogP contribution in [0.5, 0.6) is 0 Å². The van der Waals surface area contributed by atoms with Crippen LogP contribution in [0, 0.1) is 0 Å². The highest BCUT2D eigenvalue weighted by Gasteiger charge is 2.31. The molecule has 0 saturated carbocycles. The van der Waals surface area contributed by atoms with Gasteiger partial charge in [0, 0.05) is 50.9 Å². The number of aliphatic hydroxyl groups is 1. The number of hydrogen-bond donors (Lipinski definition) is 3. The van der Waals surface area contributed by atoms with E-state index in [0.717, 1.165) is 5.69 Å². The van der Waals surface area contributed by atoms with Gasteiger partial charge in [0.2, 0.25) is 0 Å². The molecule has 1 fully saturated rings. The van der Waals surface area contributed by atoms with Gasteiger partial charge in [-0.1, -0.05) is 16.8 Å². The van der Waals surface area contributed by atoms with Gasteiger partial charge in [0.25, 0.3) is 0 Å². The van der Waals surface area contributed by atoms with Crippen LogP contribution in [-0.2, 0) is 4.74 Å². The zero-order valence-electron chi connectivity index (χ0n) is 11.9. The van der Waals surface area contributed by atoms with E-state index in [1.54, 1.807) is 12.1 Å². The minimum Gasteiger partial charge on any atom is -0.409 e. The Hall–Kier alpha value is -1.50. The lowest BCUT2D eigenvalue weighted by molar-refractivity contribution is -0.0572. The van der Waals surface area contributed by atoms with Gasteiger partial charge in [-0.2, -0.15) is 0 Å². The first-order valence-electron chi connectivity index (χ1n) is 6.74. The largest absolute Gasteiger partial charge is 0.409 e. The lowest BCUT2D eigenvalue weighted by atomic mass is 9.93. The molecule has 6 nitrogen and oxygen atoms in total. The molecule has 116 valence electrons. The van der Waals surface area contributed by atoms with Crippen LogP contribution >= 0.6 is 11.6 Å². The lowest BCUT2D eigenvalue weighted by Gasteiger charge is -2.36. The third-order valence-corrected chi connectivity index (χ3v) is 4.04. The topological polar surface area (TPSA) is 91.3 Å². The summed E-state index contributed by atoms with van der Waals surface area (Å²) >= 11 is 6.14. The number of ether oxygens (including phenoxy) is 1. The zero-order valence-corrected chi connectivity index (χ0v) is 12.7. The molecule has 1 aromatic rings. The Morgan fingerprint density at radius 2 is 2.14 bits per heavy atom. The summed E-state index contributed by atoms with van der Waals surface area (Å²) in [5, 5.41) is 22.6. The van der Waals surface area contributed by atoms with Gasteiger partial charge in [0.15, 0.2) is 5.84 Å². The first-order chi connectivity index (χ1) is 9.95. The van der Waals surface area contributed by atoms with Crippen LogP contribution in [0.25, 0.3) is 0 Å². The molecule has 0 aromatic heterocycles. The van der Waals surface area contributed by atoms with Crippen molar-refractivity contribution >= 4 is 23.1 Å². The minimum atomic E-state index is -0.746. The zero-order chi connectivity index (χ0) is 15.5. The Kier molecular flexibility index (Phi) is 4.92. The Labute approximate surface area is 128 Å². The second-order valence-electron chi connectivity index (χ2n) is 5.34.